The molecule has 140 valence electrons. The third-order valence-electron chi connectivity index (χ3n) is 4.20. The van der Waals surface area contributed by atoms with Gasteiger partial charge in [-0.3, -0.25) is 9.78 Å². The molecule has 28 heavy (non-hydrogen) atoms. The highest BCUT2D eigenvalue weighted by atomic mass is 32.1. The molecule has 2 heterocycles. The molecule has 0 amide bonds. The molecule has 0 aliphatic carbocycles. The van der Waals surface area contributed by atoms with Crippen molar-refractivity contribution < 1.29 is 13.9 Å². The van der Waals surface area contributed by atoms with Crippen molar-refractivity contribution in [2.45, 2.75) is 19.7 Å². The number of hydrogen-bond donors (Lipinski definition) is 0. The SMILES string of the molecule is CC(F)Oc1ccc(C(=O)Cc2cc3cc(-c4nncs4)ccc3cn2)cc1. The Hall–Kier alpha value is -3.19. The van der Waals surface area contributed by atoms with Crippen molar-refractivity contribution in [3.63, 3.8) is 0 Å². The maximum atomic E-state index is 12.9. The maximum absolute atomic E-state index is 12.9. The van der Waals surface area contributed by atoms with Crippen molar-refractivity contribution in [1.29, 1.82) is 0 Å². The van der Waals surface area contributed by atoms with E-state index in [-0.39, 0.29) is 12.2 Å². The Morgan fingerprint density at radius 1 is 1.14 bits per heavy atom. The zero-order chi connectivity index (χ0) is 19.5. The summed E-state index contributed by atoms with van der Waals surface area (Å²) in [6.07, 6.45) is 0.550. The molecule has 4 rings (SSSR count). The molecule has 5 nitrogen and oxygen atoms in total. The Balaban J connectivity index is 1.54. The first-order valence-corrected chi connectivity index (χ1v) is 9.56. The zero-order valence-electron chi connectivity index (χ0n) is 15.0. The number of carbonyl (C=O) groups excluding carboxylic acids is 1. The quantitative estimate of drug-likeness (QED) is 0.437. The lowest BCUT2D eigenvalue weighted by Gasteiger charge is -2.08. The normalized spacial score (nSPS) is 12.1. The number of halogens is 1. The topological polar surface area (TPSA) is 65.0 Å². The standard InChI is InChI=1S/C21H16FN3O2S/c1-13(22)27-19-6-4-14(5-7-19)20(26)10-18-9-17-8-15(21-25-24-12-28-21)2-3-16(17)11-23-18/h2-9,11-13H,10H2,1H3. The van der Waals surface area contributed by atoms with Crippen LogP contribution >= 0.6 is 11.3 Å². The molecule has 4 aromatic rings. The molecule has 0 bridgehead atoms. The fraction of sp³-hybridized carbons (Fsp3) is 0.143. The summed E-state index contributed by atoms with van der Waals surface area (Å²) in [6, 6.07) is 14.3. The molecule has 1 atom stereocenters. The summed E-state index contributed by atoms with van der Waals surface area (Å²) in [7, 11) is 0. The van der Waals surface area contributed by atoms with Crippen molar-refractivity contribution in [3.05, 3.63) is 71.5 Å². The van der Waals surface area contributed by atoms with Crippen LogP contribution in [0.1, 0.15) is 23.0 Å². The summed E-state index contributed by atoms with van der Waals surface area (Å²) in [5.74, 6) is 0.326. The molecule has 0 saturated heterocycles. The molecule has 0 saturated carbocycles. The van der Waals surface area contributed by atoms with Crippen molar-refractivity contribution in [2.75, 3.05) is 0 Å². The van der Waals surface area contributed by atoms with Crippen LogP contribution < -0.4 is 4.74 Å². The molecule has 0 fully saturated rings. The van der Waals surface area contributed by atoms with E-state index in [4.69, 9.17) is 4.74 Å². The maximum Gasteiger partial charge on any atom is 0.235 e. The number of Topliss-reactive ketones (excluding diaryl/α,β-unsaturated/α-hetero) is 1. The molecule has 0 spiro atoms. The van der Waals surface area contributed by atoms with Gasteiger partial charge in [0.1, 0.15) is 16.3 Å². The average molecular weight is 393 g/mol. The summed E-state index contributed by atoms with van der Waals surface area (Å²) in [4.78, 5) is 17.0. The van der Waals surface area contributed by atoms with Gasteiger partial charge in [0.15, 0.2) is 5.78 Å². The van der Waals surface area contributed by atoms with Crippen LogP contribution in [0.25, 0.3) is 21.3 Å². The number of benzene rings is 2. The van der Waals surface area contributed by atoms with Gasteiger partial charge in [0.25, 0.3) is 0 Å². The van der Waals surface area contributed by atoms with Gasteiger partial charge in [-0.25, -0.2) is 4.39 Å². The van der Waals surface area contributed by atoms with E-state index in [2.05, 4.69) is 15.2 Å². The Labute approximate surface area is 164 Å². The van der Waals surface area contributed by atoms with Gasteiger partial charge in [0.2, 0.25) is 6.36 Å². The third kappa shape index (κ3) is 4.04. The Bertz CT molecular complexity index is 1110. The van der Waals surface area contributed by atoms with Crippen LogP contribution in [0.3, 0.4) is 0 Å². The minimum atomic E-state index is -1.39. The van der Waals surface area contributed by atoms with Crippen molar-refractivity contribution in [2.24, 2.45) is 0 Å². The van der Waals surface area contributed by atoms with E-state index in [0.29, 0.717) is 17.0 Å². The van der Waals surface area contributed by atoms with Gasteiger partial charge in [-0.05, 0) is 41.8 Å². The minimum absolute atomic E-state index is 0.0630. The van der Waals surface area contributed by atoms with E-state index in [0.717, 1.165) is 21.3 Å². The summed E-state index contributed by atoms with van der Waals surface area (Å²) in [5, 5.41) is 10.8. The van der Waals surface area contributed by atoms with E-state index in [1.807, 2.05) is 24.3 Å². The molecule has 2 aromatic carbocycles. The number of alkyl halides is 1. The van der Waals surface area contributed by atoms with Gasteiger partial charge in [-0.2, -0.15) is 0 Å². The predicted octanol–water partition coefficient (Wildman–Crippen LogP) is 4.87. The Morgan fingerprint density at radius 3 is 2.68 bits per heavy atom. The number of fused-ring (bicyclic) bond motifs is 1. The van der Waals surface area contributed by atoms with Gasteiger partial charge >= 0.3 is 0 Å². The molecule has 0 aliphatic rings. The van der Waals surface area contributed by atoms with Gasteiger partial charge < -0.3 is 4.74 Å². The van der Waals surface area contributed by atoms with Crippen molar-refractivity contribution >= 4 is 27.9 Å². The van der Waals surface area contributed by atoms with Crippen LogP contribution in [0.2, 0.25) is 0 Å². The van der Waals surface area contributed by atoms with E-state index < -0.39 is 6.36 Å². The zero-order valence-corrected chi connectivity index (χ0v) is 15.8. The smallest absolute Gasteiger partial charge is 0.235 e. The number of hydrogen-bond acceptors (Lipinski definition) is 6. The number of ether oxygens (including phenoxy) is 1. The first-order valence-electron chi connectivity index (χ1n) is 8.68. The van der Waals surface area contributed by atoms with Gasteiger partial charge in [0.05, 0.1) is 6.42 Å². The molecule has 0 radical (unpaired) electrons. The number of aromatic nitrogens is 3. The number of carbonyl (C=O) groups is 1. The fourth-order valence-corrected chi connectivity index (χ4v) is 3.44. The fourth-order valence-electron chi connectivity index (χ4n) is 2.89. The highest BCUT2D eigenvalue weighted by Crippen LogP contribution is 2.25. The molecule has 0 aliphatic heterocycles. The second-order valence-electron chi connectivity index (χ2n) is 6.27. The van der Waals surface area contributed by atoms with Crippen LogP contribution in [-0.4, -0.2) is 27.3 Å². The molecular formula is C21H16FN3O2S. The summed E-state index contributed by atoms with van der Waals surface area (Å²) in [5.41, 5.74) is 3.89. The molecular weight excluding hydrogens is 377 g/mol. The lowest BCUT2D eigenvalue weighted by atomic mass is 10.0. The molecule has 7 heteroatoms. The number of pyridine rings is 1. The van der Waals surface area contributed by atoms with E-state index in [1.54, 1.807) is 36.0 Å². The summed E-state index contributed by atoms with van der Waals surface area (Å²) in [6.45, 7) is 1.31. The predicted molar refractivity (Wildman–Crippen MR) is 106 cm³/mol. The van der Waals surface area contributed by atoms with Gasteiger partial charge in [-0.15, -0.1) is 10.2 Å². The number of ketones is 1. The second-order valence-corrected chi connectivity index (χ2v) is 7.10. The van der Waals surface area contributed by atoms with Crippen LogP contribution in [0.5, 0.6) is 5.75 Å². The molecule has 1 unspecified atom stereocenters. The lowest BCUT2D eigenvalue weighted by molar-refractivity contribution is 0.0860. The lowest BCUT2D eigenvalue weighted by Crippen LogP contribution is -2.06. The Kier molecular flexibility index (Phi) is 5.08. The molecule has 0 N–H and O–H groups in total. The van der Waals surface area contributed by atoms with E-state index in [9.17, 15) is 9.18 Å². The summed E-state index contributed by atoms with van der Waals surface area (Å²) < 4.78 is 17.8. The monoisotopic (exact) mass is 393 g/mol. The van der Waals surface area contributed by atoms with E-state index in [1.165, 1.54) is 18.3 Å². The Morgan fingerprint density at radius 2 is 1.96 bits per heavy atom. The minimum Gasteiger partial charge on any atom is -0.461 e. The molecule has 2 aromatic heterocycles. The van der Waals surface area contributed by atoms with Crippen molar-refractivity contribution in [1.82, 2.24) is 15.2 Å². The van der Waals surface area contributed by atoms with Crippen LogP contribution in [-0.2, 0) is 6.42 Å². The van der Waals surface area contributed by atoms with Gasteiger partial charge in [0, 0.05) is 35.3 Å². The van der Waals surface area contributed by atoms with Crippen molar-refractivity contribution in [3.8, 4) is 16.3 Å². The van der Waals surface area contributed by atoms with E-state index >= 15 is 0 Å². The third-order valence-corrected chi connectivity index (χ3v) is 4.94. The van der Waals surface area contributed by atoms with Gasteiger partial charge in [-0.1, -0.05) is 23.5 Å². The highest BCUT2D eigenvalue weighted by molar-refractivity contribution is 7.12. The second kappa shape index (κ2) is 7.82. The number of rotatable bonds is 6. The first-order chi connectivity index (χ1) is 13.6. The highest BCUT2D eigenvalue weighted by Gasteiger charge is 2.11. The average Bonchev–Trinajstić information content (AvgIpc) is 3.22. The number of nitrogens with zero attached hydrogens (tertiary/aromatic N) is 3. The van der Waals surface area contributed by atoms with Crippen LogP contribution in [0.4, 0.5) is 4.39 Å². The largest absolute Gasteiger partial charge is 0.461 e. The first kappa shape index (κ1) is 18.2. The van der Waals surface area contributed by atoms with Crippen LogP contribution in [0.15, 0.2) is 60.2 Å². The van der Waals surface area contributed by atoms with Crippen LogP contribution in [0, 0.1) is 0 Å². The summed E-state index contributed by atoms with van der Waals surface area (Å²) >= 11 is 1.48.